The molecule has 2 heterocycles. The van der Waals surface area contributed by atoms with Crippen LogP contribution in [-0.4, -0.2) is 0 Å². The molecule has 0 nitrogen and oxygen atoms in total. The van der Waals surface area contributed by atoms with Crippen molar-refractivity contribution in [2.24, 2.45) is 0 Å². The minimum Gasteiger partial charge on any atom is -0.135 e. The quantitative estimate of drug-likeness (QED) is 0.287. The lowest BCUT2D eigenvalue weighted by Crippen LogP contribution is -1.72. The first-order valence-electron chi connectivity index (χ1n) is 7.45. The summed E-state index contributed by atoms with van der Waals surface area (Å²) in [6.45, 7) is 4.34. The van der Waals surface area contributed by atoms with Gasteiger partial charge in [0.15, 0.2) is 0 Å². The van der Waals surface area contributed by atoms with E-state index >= 15 is 0 Å². The third-order valence-electron chi connectivity index (χ3n) is 4.37. The first-order valence-corrected chi connectivity index (χ1v) is 9.08. The van der Waals surface area contributed by atoms with Gasteiger partial charge in [0.25, 0.3) is 0 Å². The zero-order chi connectivity index (χ0) is 14.8. The van der Waals surface area contributed by atoms with Crippen molar-refractivity contribution in [2.45, 2.75) is 13.8 Å². The Kier molecular flexibility index (Phi) is 2.47. The predicted molar refractivity (Wildman–Crippen MR) is 102 cm³/mol. The highest BCUT2D eigenvalue weighted by atomic mass is 32.1. The molecule has 5 rings (SSSR count). The molecule has 2 aromatic heterocycles. The molecule has 0 saturated heterocycles. The van der Waals surface area contributed by atoms with E-state index in [2.05, 4.69) is 62.4 Å². The van der Waals surface area contributed by atoms with Gasteiger partial charge in [-0.2, -0.15) is 0 Å². The van der Waals surface area contributed by atoms with Crippen LogP contribution >= 0.6 is 22.7 Å². The SMILES string of the molecule is Cc1ccc2sc3cc4sc5ccc(C)cc5c4cc3c2c1. The van der Waals surface area contributed by atoms with Crippen LogP contribution in [0.2, 0.25) is 0 Å². The van der Waals surface area contributed by atoms with Crippen LogP contribution in [0.4, 0.5) is 0 Å². The minimum absolute atomic E-state index is 1.33. The Bertz CT molecular complexity index is 1100. The molecule has 5 aromatic rings. The van der Waals surface area contributed by atoms with E-state index in [0.29, 0.717) is 0 Å². The molecular formula is C20H14S2. The summed E-state index contributed by atoms with van der Waals surface area (Å²) in [5.41, 5.74) is 2.66. The second kappa shape index (κ2) is 4.31. The van der Waals surface area contributed by atoms with E-state index in [9.17, 15) is 0 Å². The van der Waals surface area contributed by atoms with Gasteiger partial charge < -0.3 is 0 Å². The topological polar surface area (TPSA) is 0 Å². The Morgan fingerprint density at radius 2 is 0.955 bits per heavy atom. The molecule has 0 aliphatic carbocycles. The van der Waals surface area contributed by atoms with Crippen molar-refractivity contribution < 1.29 is 0 Å². The van der Waals surface area contributed by atoms with Crippen molar-refractivity contribution >= 4 is 63.0 Å². The predicted octanol–water partition coefficient (Wildman–Crippen LogP) is 7.04. The van der Waals surface area contributed by atoms with Gasteiger partial charge >= 0.3 is 0 Å². The molecule has 106 valence electrons. The fourth-order valence-electron chi connectivity index (χ4n) is 3.27. The number of hydrogen-bond acceptors (Lipinski definition) is 2. The average molecular weight is 318 g/mol. The largest absolute Gasteiger partial charge is 0.135 e. The average Bonchev–Trinajstić information content (AvgIpc) is 3.02. The number of hydrogen-bond donors (Lipinski definition) is 0. The number of aryl methyl sites for hydroxylation is 2. The first kappa shape index (κ1) is 12.6. The van der Waals surface area contributed by atoms with Gasteiger partial charge in [-0.15, -0.1) is 22.7 Å². The molecule has 0 atom stereocenters. The van der Waals surface area contributed by atoms with Crippen molar-refractivity contribution in [1.82, 2.24) is 0 Å². The van der Waals surface area contributed by atoms with E-state index in [1.165, 1.54) is 51.5 Å². The molecule has 0 N–H and O–H groups in total. The molecule has 22 heavy (non-hydrogen) atoms. The maximum Gasteiger partial charge on any atom is 0.0369 e. The summed E-state index contributed by atoms with van der Waals surface area (Å²) in [5, 5.41) is 5.60. The molecule has 0 bridgehead atoms. The molecular weight excluding hydrogens is 304 g/mol. The van der Waals surface area contributed by atoms with Gasteiger partial charge in [-0.3, -0.25) is 0 Å². The Balaban J connectivity index is 2.00. The van der Waals surface area contributed by atoms with Crippen molar-refractivity contribution in [3.63, 3.8) is 0 Å². The normalized spacial score (nSPS) is 12.1. The summed E-state index contributed by atoms with van der Waals surface area (Å²) < 4.78 is 5.57. The van der Waals surface area contributed by atoms with Crippen molar-refractivity contribution in [3.05, 3.63) is 59.7 Å². The Labute approximate surface area is 136 Å². The number of fused-ring (bicyclic) bond motifs is 6. The van der Waals surface area contributed by atoms with E-state index < -0.39 is 0 Å². The lowest BCUT2D eigenvalue weighted by Gasteiger charge is -1.97. The molecule has 0 fully saturated rings. The zero-order valence-electron chi connectivity index (χ0n) is 12.4. The second-order valence-electron chi connectivity index (χ2n) is 6.05. The minimum atomic E-state index is 1.33. The van der Waals surface area contributed by atoms with Gasteiger partial charge in [-0.1, -0.05) is 23.3 Å². The smallest absolute Gasteiger partial charge is 0.0369 e. The first-order chi connectivity index (χ1) is 10.7. The summed E-state index contributed by atoms with van der Waals surface area (Å²) in [7, 11) is 0. The lowest BCUT2D eigenvalue weighted by atomic mass is 10.1. The molecule has 0 amide bonds. The van der Waals surface area contributed by atoms with Crippen LogP contribution in [0.25, 0.3) is 40.3 Å². The van der Waals surface area contributed by atoms with Gasteiger partial charge in [0.1, 0.15) is 0 Å². The number of thiophene rings is 2. The van der Waals surface area contributed by atoms with E-state index in [1.54, 1.807) is 0 Å². The Morgan fingerprint density at radius 3 is 1.45 bits per heavy atom. The lowest BCUT2D eigenvalue weighted by molar-refractivity contribution is 1.52. The summed E-state index contributed by atoms with van der Waals surface area (Å²) in [6.07, 6.45) is 0. The van der Waals surface area contributed by atoms with Crippen molar-refractivity contribution in [3.8, 4) is 0 Å². The van der Waals surface area contributed by atoms with Crippen LogP contribution < -0.4 is 0 Å². The van der Waals surface area contributed by atoms with E-state index in [4.69, 9.17) is 0 Å². The van der Waals surface area contributed by atoms with Crippen LogP contribution in [0.5, 0.6) is 0 Å². The number of rotatable bonds is 0. The summed E-state index contributed by atoms with van der Waals surface area (Å²) in [5.74, 6) is 0. The second-order valence-corrected chi connectivity index (χ2v) is 8.22. The molecule has 0 saturated carbocycles. The van der Waals surface area contributed by atoms with Crippen LogP contribution in [0.15, 0.2) is 48.5 Å². The Hall–Kier alpha value is -1.90. The van der Waals surface area contributed by atoms with Gasteiger partial charge in [-0.05, 0) is 50.2 Å². The molecule has 0 radical (unpaired) electrons. The molecule has 0 aliphatic heterocycles. The highest BCUT2D eigenvalue weighted by molar-refractivity contribution is 7.28. The molecule has 0 aliphatic rings. The zero-order valence-corrected chi connectivity index (χ0v) is 14.1. The van der Waals surface area contributed by atoms with Gasteiger partial charge in [-0.25, -0.2) is 0 Å². The summed E-state index contributed by atoms with van der Waals surface area (Å²) in [6, 6.07) is 18.3. The van der Waals surface area contributed by atoms with Crippen molar-refractivity contribution in [1.29, 1.82) is 0 Å². The number of benzene rings is 3. The fraction of sp³-hybridized carbons (Fsp3) is 0.100. The third kappa shape index (κ3) is 1.68. The molecule has 0 unspecified atom stereocenters. The summed E-state index contributed by atoms with van der Waals surface area (Å²) >= 11 is 3.81. The Morgan fingerprint density at radius 1 is 0.500 bits per heavy atom. The standard InChI is InChI=1S/C20H14S2/c1-11-3-5-17-13(7-11)15-9-16-14-8-12(2)4-6-18(14)22-20(16)10-19(15)21-17/h3-10H,1-2H3. The summed E-state index contributed by atoms with van der Waals surface area (Å²) in [4.78, 5) is 0. The van der Waals surface area contributed by atoms with Crippen LogP contribution in [0.3, 0.4) is 0 Å². The maximum absolute atomic E-state index is 2.40. The van der Waals surface area contributed by atoms with Crippen LogP contribution in [-0.2, 0) is 0 Å². The molecule has 3 aromatic carbocycles. The van der Waals surface area contributed by atoms with Crippen LogP contribution in [0, 0.1) is 13.8 Å². The van der Waals surface area contributed by atoms with Crippen LogP contribution in [0.1, 0.15) is 11.1 Å². The van der Waals surface area contributed by atoms with E-state index in [-0.39, 0.29) is 0 Å². The molecule has 0 spiro atoms. The monoisotopic (exact) mass is 318 g/mol. The van der Waals surface area contributed by atoms with E-state index in [1.807, 2.05) is 22.7 Å². The van der Waals surface area contributed by atoms with Gasteiger partial charge in [0.05, 0.1) is 0 Å². The third-order valence-corrected chi connectivity index (χ3v) is 6.64. The highest BCUT2D eigenvalue weighted by Gasteiger charge is 2.11. The van der Waals surface area contributed by atoms with Gasteiger partial charge in [0.2, 0.25) is 0 Å². The fourth-order valence-corrected chi connectivity index (χ4v) is 5.56. The van der Waals surface area contributed by atoms with Crippen molar-refractivity contribution in [2.75, 3.05) is 0 Å². The van der Waals surface area contributed by atoms with E-state index in [0.717, 1.165) is 0 Å². The van der Waals surface area contributed by atoms with Gasteiger partial charge in [0, 0.05) is 40.3 Å². The highest BCUT2D eigenvalue weighted by Crippen LogP contribution is 2.41. The molecule has 2 heteroatoms. The maximum atomic E-state index is 2.40.